The smallest absolute Gasteiger partial charge is 0.191 e. The van der Waals surface area contributed by atoms with E-state index in [0.29, 0.717) is 12.5 Å². The van der Waals surface area contributed by atoms with E-state index in [2.05, 4.69) is 14.8 Å². The average molecular weight is 355 g/mol. The van der Waals surface area contributed by atoms with Crippen LogP contribution in [0.15, 0.2) is 29.3 Å². The van der Waals surface area contributed by atoms with Gasteiger partial charge in [0.2, 0.25) is 0 Å². The number of nitrogens with zero attached hydrogens (tertiary/aromatic N) is 3. The monoisotopic (exact) mass is 354 g/mol. The molecule has 2 N–H and O–H groups in total. The highest BCUT2D eigenvalue weighted by atomic mass is 35.5. The molecule has 0 radical (unpaired) electrons. The molecule has 1 heterocycles. The zero-order chi connectivity index (χ0) is 16.4. The van der Waals surface area contributed by atoms with Crippen LogP contribution in [0, 0.1) is 0 Å². The molecule has 2 aliphatic rings. The van der Waals surface area contributed by atoms with Gasteiger partial charge in [0.15, 0.2) is 5.96 Å². The van der Waals surface area contributed by atoms with Crippen LogP contribution in [0.5, 0.6) is 0 Å². The molecular formula is C16H23ClN4OS. The molecule has 126 valence electrons. The first-order chi connectivity index (χ1) is 11.0. The van der Waals surface area contributed by atoms with Gasteiger partial charge in [0.25, 0.3) is 0 Å². The Labute approximate surface area is 145 Å². The van der Waals surface area contributed by atoms with E-state index in [-0.39, 0.29) is 4.75 Å². The summed E-state index contributed by atoms with van der Waals surface area (Å²) in [5.74, 6) is 0.581. The molecule has 0 aromatic heterocycles. The normalized spacial score (nSPS) is 22.1. The molecule has 1 aromatic rings. The summed E-state index contributed by atoms with van der Waals surface area (Å²) in [6, 6.07) is 7.92. The maximum absolute atomic E-state index is 11.7. The van der Waals surface area contributed by atoms with Crippen molar-refractivity contribution >= 4 is 34.0 Å². The number of halogens is 1. The summed E-state index contributed by atoms with van der Waals surface area (Å²) in [4.78, 5) is 8.94. The Morgan fingerprint density at radius 2 is 1.87 bits per heavy atom. The molecule has 1 saturated carbocycles. The summed E-state index contributed by atoms with van der Waals surface area (Å²) < 4.78 is 11.6. The van der Waals surface area contributed by atoms with Gasteiger partial charge < -0.3 is 15.5 Å². The van der Waals surface area contributed by atoms with Crippen molar-refractivity contribution in [3.05, 3.63) is 29.3 Å². The second-order valence-electron chi connectivity index (χ2n) is 6.26. The third-order valence-electron chi connectivity index (χ3n) is 4.74. The first-order valence-corrected chi connectivity index (χ1v) is 9.83. The Morgan fingerprint density at radius 1 is 1.26 bits per heavy atom. The van der Waals surface area contributed by atoms with E-state index in [4.69, 9.17) is 17.3 Å². The lowest BCUT2D eigenvalue weighted by molar-refractivity contribution is 0.380. The molecule has 1 aromatic carbocycles. The summed E-state index contributed by atoms with van der Waals surface area (Å²) in [6.45, 7) is 4.09. The molecule has 7 heteroatoms. The van der Waals surface area contributed by atoms with Crippen molar-refractivity contribution in [3.63, 3.8) is 0 Å². The molecule has 3 rings (SSSR count). The van der Waals surface area contributed by atoms with Gasteiger partial charge in [-0.3, -0.25) is 9.20 Å². The lowest BCUT2D eigenvalue weighted by atomic mass is 10.2. The molecule has 0 spiro atoms. The van der Waals surface area contributed by atoms with Gasteiger partial charge in [-0.05, 0) is 37.1 Å². The SMILES string of the molecule is CS(=O)C1(CN=C(N)N2CCN(c3ccc(Cl)cc3)CC2)CC1. The fourth-order valence-corrected chi connectivity index (χ4v) is 3.90. The Morgan fingerprint density at radius 3 is 2.39 bits per heavy atom. The molecule has 1 unspecified atom stereocenters. The summed E-state index contributed by atoms with van der Waals surface area (Å²) in [7, 11) is -0.819. The third kappa shape index (κ3) is 3.80. The van der Waals surface area contributed by atoms with Crippen molar-refractivity contribution in [3.8, 4) is 0 Å². The maximum Gasteiger partial charge on any atom is 0.191 e. The highest BCUT2D eigenvalue weighted by Gasteiger charge is 2.46. The molecule has 2 fully saturated rings. The summed E-state index contributed by atoms with van der Waals surface area (Å²) >= 11 is 5.93. The number of guanidine groups is 1. The fourth-order valence-electron chi connectivity index (χ4n) is 2.85. The number of hydrogen-bond acceptors (Lipinski definition) is 3. The van der Waals surface area contributed by atoms with Crippen LogP contribution < -0.4 is 10.6 Å². The minimum Gasteiger partial charge on any atom is -0.370 e. The van der Waals surface area contributed by atoms with Gasteiger partial charge in [-0.25, -0.2) is 0 Å². The van der Waals surface area contributed by atoms with Gasteiger partial charge in [0.05, 0.1) is 11.3 Å². The average Bonchev–Trinajstić information content (AvgIpc) is 3.35. The molecule has 1 saturated heterocycles. The van der Waals surface area contributed by atoms with E-state index >= 15 is 0 Å². The lowest BCUT2D eigenvalue weighted by Gasteiger charge is -2.36. The summed E-state index contributed by atoms with van der Waals surface area (Å²) in [6.07, 6.45) is 3.76. The standard InChI is InChI=1S/C16H23ClN4OS/c1-23(22)16(6-7-16)12-19-15(18)21-10-8-20(9-11-21)14-4-2-13(17)3-5-14/h2-5H,6-12H2,1H3,(H2,18,19). The van der Waals surface area contributed by atoms with Crippen molar-refractivity contribution in [2.75, 3.05) is 43.9 Å². The second-order valence-corrected chi connectivity index (χ2v) is 8.47. The zero-order valence-electron chi connectivity index (χ0n) is 13.4. The quantitative estimate of drug-likeness (QED) is 0.660. The third-order valence-corrected chi connectivity index (χ3v) is 6.75. The molecule has 1 aliphatic carbocycles. The first kappa shape index (κ1) is 16.6. The van der Waals surface area contributed by atoms with Crippen molar-refractivity contribution in [2.24, 2.45) is 10.7 Å². The van der Waals surface area contributed by atoms with Crippen LogP contribution in [0.25, 0.3) is 0 Å². The van der Waals surface area contributed by atoms with Crippen LogP contribution in [0.3, 0.4) is 0 Å². The first-order valence-electron chi connectivity index (χ1n) is 7.89. The van der Waals surface area contributed by atoms with E-state index in [1.54, 1.807) is 6.26 Å². The maximum atomic E-state index is 11.7. The van der Waals surface area contributed by atoms with E-state index in [1.807, 2.05) is 24.3 Å². The van der Waals surface area contributed by atoms with E-state index < -0.39 is 10.8 Å². The van der Waals surface area contributed by atoms with Crippen molar-refractivity contribution in [1.29, 1.82) is 0 Å². The molecule has 0 bridgehead atoms. The predicted molar refractivity (Wildman–Crippen MR) is 97.8 cm³/mol. The van der Waals surface area contributed by atoms with Crippen LogP contribution in [0.2, 0.25) is 5.02 Å². The topological polar surface area (TPSA) is 61.9 Å². The van der Waals surface area contributed by atoms with E-state index in [1.165, 1.54) is 5.69 Å². The highest BCUT2D eigenvalue weighted by molar-refractivity contribution is 7.86. The molecule has 0 amide bonds. The van der Waals surface area contributed by atoms with Crippen molar-refractivity contribution in [1.82, 2.24) is 4.90 Å². The number of aliphatic imine (C=N–C) groups is 1. The lowest BCUT2D eigenvalue weighted by Crippen LogP contribution is -2.51. The van der Waals surface area contributed by atoms with Crippen molar-refractivity contribution in [2.45, 2.75) is 17.6 Å². The Bertz CT molecular complexity index is 607. The van der Waals surface area contributed by atoms with Crippen molar-refractivity contribution < 1.29 is 4.21 Å². The van der Waals surface area contributed by atoms with Crippen LogP contribution in [0.1, 0.15) is 12.8 Å². The van der Waals surface area contributed by atoms with Crippen LogP contribution >= 0.6 is 11.6 Å². The summed E-state index contributed by atoms with van der Waals surface area (Å²) in [5, 5.41) is 0.756. The second kappa shape index (κ2) is 6.69. The number of piperazine rings is 1. The Hall–Kier alpha value is -1.27. The fraction of sp³-hybridized carbons (Fsp3) is 0.562. The largest absolute Gasteiger partial charge is 0.370 e. The van der Waals surface area contributed by atoms with Gasteiger partial charge in [-0.1, -0.05) is 11.6 Å². The zero-order valence-corrected chi connectivity index (χ0v) is 14.9. The van der Waals surface area contributed by atoms with Gasteiger partial charge in [-0.15, -0.1) is 0 Å². The minimum atomic E-state index is -0.819. The van der Waals surface area contributed by atoms with E-state index in [9.17, 15) is 4.21 Å². The Balaban J connectivity index is 1.54. The molecular weight excluding hydrogens is 332 g/mol. The predicted octanol–water partition coefficient (Wildman–Crippen LogP) is 1.69. The van der Waals surface area contributed by atoms with Crippen LogP contribution in [-0.4, -0.2) is 58.8 Å². The number of rotatable bonds is 4. The van der Waals surface area contributed by atoms with Gasteiger partial charge in [-0.2, -0.15) is 0 Å². The summed E-state index contributed by atoms with van der Waals surface area (Å²) in [5.41, 5.74) is 7.31. The molecule has 23 heavy (non-hydrogen) atoms. The number of nitrogens with two attached hydrogens (primary N) is 1. The van der Waals surface area contributed by atoms with Gasteiger partial charge in [0.1, 0.15) is 0 Å². The molecule has 1 atom stereocenters. The number of benzene rings is 1. The minimum absolute atomic E-state index is 0.101. The molecule has 1 aliphatic heterocycles. The van der Waals surface area contributed by atoms with E-state index in [0.717, 1.165) is 44.0 Å². The van der Waals surface area contributed by atoms with Gasteiger partial charge >= 0.3 is 0 Å². The molecule has 5 nitrogen and oxygen atoms in total. The van der Waals surface area contributed by atoms with Gasteiger partial charge in [0, 0.05) is 53.9 Å². The van der Waals surface area contributed by atoms with Crippen LogP contribution in [0.4, 0.5) is 5.69 Å². The number of hydrogen-bond donors (Lipinski definition) is 1. The number of anilines is 1. The highest BCUT2D eigenvalue weighted by Crippen LogP contribution is 2.41. The van der Waals surface area contributed by atoms with Crippen LogP contribution in [-0.2, 0) is 10.8 Å². The Kier molecular flexibility index (Phi) is 4.82.